The molecule has 1 heterocycles. The molecule has 0 aliphatic carbocycles. The zero-order chi connectivity index (χ0) is 17.6. The van der Waals surface area contributed by atoms with Crippen LogP contribution in [0.5, 0.6) is 0 Å². The quantitative estimate of drug-likeness (QED) is 0.532. The predicted molar refractivity (Wildman–Crippen MR) is 101 cm³/mol. The summed E-state index contributed by atoms with van der Waals surface area (Å²) >= 11 is 7.54. The maximum Gasteiger partial charge on any atom is 0.263 e. The molecule has 0 saturated heterocycles. The third-order valence-corrected chi connectivity index (χ3v) is 5.03. The van der Waals surface area contributed by atoms with Gasteiger partial charge in [-0.15, -0.1) is 11.3 Å². The normalized spacial score (nSPS) is 10.9. The summed E-state index contributed by atoms with van der Waals surface area (Å²) in [6.07, 6.45) is 1.53. The first-order valence-electron chi connectivity index (χ1n) is 7.47. The van der Waals surface area contributed by atoms with Crippen molar-refractivity contribution in [3.8, 4) is 0 Å². The monoisotopic (exact) mass is 371 g/mol. The number of nitrogens with one attached hydrogen (secondary N) is 2. The van der Waals surface area contributed by atoms with Gasteiger partial charge < -0.3 is 5.32 Å². The van der Waals surface area contributed by atoms with Crippen molar-refractivity contribution in [2.75, 3.05) is 6.54 Å². The van der Waals surface area contributed by atoms with Gasteiger partial charge in [0, 0.05) is 10.1 Å². The summed E-state index contributed by atoms with van der Waals surface area (Å²) in [5.74, 6) is -0.800. The van der Waals surface area contributed by atoms with E-state index in [2.05, 4.69) is 15.8 Å². The van der Waals surface area contributed by atoms with Crippen molar-refractivity contribution in [1.29, 1.82) is 0 Å². The van der Waals surface area contributed by atoms with E-state index in [-0.39, 0.29) is 12.5 Å². The molecule has 126 valence electrons. The highest BCUT2D eigenvalue weighted by Gasteiger charge is 2.17. The first-order valence-corrected chi connectivity index (χ1v) is 8.67. The molecule has 2 N–H and O–H groups in total. The number of nitrogens with zero attached hydrogens (tertiary/aromatic N) is 1. The highest BCUT2D eigenvalue weighted by molar-refractivity contribution is 7.21. The Hall–Kier alpha value is -2.70. The van der Waals surface area contributed by atoms with E-state index in [0.717, 1.165) is 15.6 Å². The molecule has 5 nitrogen and oxygen atoms in total. The maximum atomic E-state index is 12.2. The maximum absolute atomic E-state index is 12.2. The highest BCUT2D eigenvalue weighted by Crippen LogP contribution is 2.34. The number of carbonyl (C=O) groups is 2. The second-order valence-corrected chi connectivity index (χ2v) is 6.56. The SMILES string of the molecule is O=C(CNC(=O)c1sc2ccccc2c1Cl)N/N=C\c1ccccc1. The van der Waals surface area contributed by atoms with Gasteiger partial charge >= 0.3 is 0 Å². The summed E-state index contributed by atoms with van der Waals surface area (Å²) in [6.45, 7) is -0.185. The summed E-state index contributed by atoms with van der Waals surface area (Å²) in [4.78, 5) is 24.4. The zero-order valence-corrected chi connectivity index (χ0v) is 14.6. The van der Waals surface area contributed by atoms with E-state index < -0.39 is 5.91 Å². The van der Waals surface area contributed by atoms with Crippen LogP contribution in [-0.4, -0.2) is 24.6 Å². The summed E-state index contributed by atoms with van der Waals surface area (Å²) in [7, 11) is 0. The second-order valence-electron chi connectivity index (χ2n) is 5.13. The summed E-state index contributed by atoms with van der Waals surface area (Å²) in [6, 6.07) is 16.9. The molecule has 0 radical (unpaired) electrons. The lowest BCUT2D eigenvalue weighted by Crippen LogP contribution is -2.34. The fourth-order valence-corrected chi connectivity index (χ4v) is 3.59. The lowest BCUT2D eigenvalue weighted by Gasteiger charge is -2.03. The Kier molecular flexibility index (Phi) is 5.42. The number of hydrogen-bond donors (Lipinski definition) is 2. The van der Waals surface area contributed by atoms with E-state index in [0.29, 0.717) is 9.90 Å². The van der Waals surface area contributed by atoms with Gasteiger partial charge in [0.1, 0.15) is 4.88 Å². The zero-order valence-electron chi connectivity index (χ0n) is 13.0. The molecule has 25 heavy (non-hydrogen) atoms. The van der Waals surface area contributed by atoms with Crippen LogP contribution in [-0.2, 0) is 4.79 Å². The lowest BCUT2D eigenvalue weighted by atomic mass is 10.2. The number of thiophene rings is 1. The fraction of sp³-hybridized carbons (Fsp3) is 0.0556. The van der Waals surface area contributed by atoms with Crippen molar-refractivity contribution in [3.63, 3.8) is 0 Å². The van der Waals surface area contributed by atoms with Crippen molar-refractivity contribution >= 4 is 51.1 Å². The Morgan fingerprint density at radius 2 is 1.80 bits per heavy atom. The smallest absolute Gasteiger partial charge is 0.263 e. The minimum absolute atomic E-state index is 0.185. The van der Waals surface area contributed by atoms with Gasteiger partial charge in [0.25, 0.3) is 11.8 Å². The van der Waals surface area contributed by atoms with Crippen LogP contribution in [0.4, 0.5) is 0 Å². The van der Waals surface area contributed by atoms with Crippen LogP contribution >= 0.6 is 22.9 Å². The molecule has 3 aromatic rings. The number of hydrogen-bond acceptors (Lipinski definition) is 4. The van der Waals surface area contributed by atoms with Gasteiger partial charge in [-0.1, -0.05) is 60.1 Å². The van der Waals surface area contributed by atoms with Crippen LogP contribution in [0.15, 0.2) is 59.7 Å². The third-order valence-electron chi connectivity index (χ3n) is 3.35. The molecule has 7 heteroatoms. The minimum atomic E-state index is -0.419. The molecule has 1 aromatic heterocycles. The van der Waals surface area contributed by atoms with E-state index in [4.69, 9.17) is 11.6 Å². The first kappa shape index (κ1) is 17.1. The summed E-state index contributed by atoms with van der Waals surface area (Å²) in [5, 5.41) is 7.63. The van der Waals surface area contributed by atoms with E-state index in [1.165, 1.54) is 17.6 Å². The number of carbonyl (C=O) groups excluding carboxylic acids is 2. The van der Waals surface area contributed by atoms with E-state index in [1.54, 1.807) is 0 Å². The molecule has 0 spiro atoms. The van der Waals surface area contributed by atoms with E-state index in [9.17, 15) is 9.59 Å². The average molecular weight is 372 g/mol. The minimum Gasteiger partial charge on any atom is -0.342 e. The van der Waals surface area contributed by atoms with Gasteiger partial charge in [-0.05, 0) is 11.6 Å². The van der Waals surface area contributed by atoms with Crippen molar-refractivity contribution < 1.29 is 9.59 Å². The lowest BCUT2D eigenvalue weighted by molar-refractivity contribution is -0.120. The van der Waals surface area contributed by atoms with Crippen molar-refractivity contribution in [2.24, 2.45) is 5.10 Å². The standard InChI is InChI=1S/C18H14ClN3O2S/c19-16-13-8-4-5-9-14(13)25-17(16)18(24)20-11-15(23)22-21-10-12-6-2-1-3-7-12/h1-10H,11H2,(H,20,24)(H,22,23)/b21-10-. The number of amides is 2. The fourth-order valence-electron chi connectivity index (χ4n) is 2.16. The van der Waals surface area contributed by atoms with Crippen LogP contribution < -0.4 is 10.7 Å². The molecular weight excluding hydrogens is 358 g/mol. The Morgan fingerprint density at radius 3 is 2.56 bits per heavy atom. The number of fused-ring (bicyclic) bond motifs is 1. The molecule has 0 unspecified atom stereocenters. The number of halogens is 1. The van der Waals surface area contributed by atoms with E-state index in [1.807, 2.05) is 54.6 Å². The summed E-state index contributed by atoms with van der Waals surface area (Å²) < 4.78 is 0.926. The molecule has 0 saturated carbocycles. The molecule has 2 aromatic carbocycles. The van der Waals surface area contributed by atoms with Crippen LogP contribution in [0.3, 0.4) is 0 Å². The van der Waals surface area contributed by atoms with Crippen LogP contribution in [0.1, 0.15) is 15.2 Å². The molecule has 3 rings (SSSR count). The molecular formula is C18H14ClN3O2S. The average Bonchev–Trinajstić information content (AvgIpc) is 2.98. The summed E-state index contributed by atoms with van der Waals surface area (Å²) in [5.41, 5.74) is 3.23. The van der Waals surface area contributed by atoms with Gasteiger partial charge in [0.15, 0.2) is 0 Å². The number of hydrazone groups is 1. The Morgan fingerprint density at radius 1 is 1.08 bits per heavy atom. The van der Waals surface area contributed by atoms with Crippen LogP contribution in [0.25, 0.3) is 10.1 Å². The van der Waals surface area contributed by atoms with Crippen molar-refractivity contribution in [2.45, 2.75) is 0 Å². The van der Waals surface area contributed by atoms with Gasteiger partial charge in [-0.2, -0.15) is 5.10 Å². The molecule has 0 bridgehead atoms. The molecule has 0 atom stereocenters. The third kappa shape index (κ3) is 4.23. The van der Waals surface area contributed by atoms with Gasteiger partial charge in [0.05, 0.1) is 17.8 Å². The Labute approximate surface area is 153 Å². The number of rotatable bonds is 5. The molecule has 0 fully saturated rings. The van der Waals surface area contributed by atoms with Gasteiger partial charge in [0.2, 0.25) is 0 Å². The van der Waals surface area contributed by atoms with Crippen molar-refractivity contribution in [1.82, 2.24) is 10.7 Å². The Bertz CT molecular complexity index is 938. The Balaban J connectivity index is 1.55. The van der Waals surface area contributed by atoms with Gasteiger partial charge in [-0.3, -0.25) is 9.59 Å². The highest BCUT2D eigenvalue weighted by atomic mass is 35.5. The number of benzene rings is 2. The molecule has 0 aliphatic rings. The first-order chi connectivity index (χ1) is 12.1. The van der Waals surface area contributed by atoms with Crippen molar-refractivity contribution in [3.05, 3.63) is 70.1 Å². The van der Waals surface area contributed by atoms with Crippen LogP contribution in [0.2, 0.25) is 5.02 Å². The molecule has 0 aliphatic heterocycles. The van der Waals surface area contributed by atoms with Gasteiger partial charge in [-0.25, -0.2) is 5.43 Å². The second kappa shape index (κ2) is 7.92. The molecule has 2 amide bonds. The van der Waals surface area contributed by atoms with E-state index >= 15 is 0 Å². The predicted octanol–water partition coefficient (Wildman–Crippen LogP) is 3.43. The van der Waals surface area contributed by atoms with Crippen LogP contribution in [0, 0.1) is 0 Å². The topological polar surface area (TPSA) is 70.6 Å². The largest absolute Gasteiger partial charge is 0.342 e.